The molecule has 0 aliphatic carbocycles. The maximum Gasteiger partial charge on any atom is 0.330 e. The molecule has 1 aliphatic heterocycles. The number of carbonyl (C=O) groups excluding carboxylic acids is 1. The average Bonchev–Trinajstić information content (AvgIpc) is 2.70. The number of aromatic nitrogens is 2. The number of unbranched alkanes of at least 4 members (excludes halogenated alkanes) is 1. The molecule has 25 heavy (non-hydrogen) atoms. The maximum atomic E-state index is 15.2. The van der Waals surface area contributed by atoms with Crippen molar-refractivity contribution in [3.8, 4) is 0 Å². The second-order valence-corrected chi connectivity index (χ2v) is 6.48. The summed E-state index contributed by atoms with van der Waals surface area (Å²) >= 11 is 0. The number of H-pyrrole nitrogens is 1. The quantitative estimate of drug-likeness (QED) is 0.722. The van der Waals surface area contributed by atoms with E-state index in [0.29, 0.717) is 11.0 Å². The van der Waals surface area contributed by atoms with Crippen LogP contribution in [0.2, 0.25) is 0 Å². The third-order valence-corrected chi connectivity index (χ3v) is 4.63. The van der Waals surface area contributed by atoms with E-state index in [0.717, 1.165) is 25.6 Å². The van der Waals surface area contributed by atoms with Gasteiger partial charge >= 0.3 is 11.7 Å². The number of nitrogens with one attached hydrogen (secondary N) is 1. The van der Waals surface area contributed by atoms with E-state index in [1.165, 1.54) is 6.92 Å². The van der Waals surface area contributed by atoms with Crippen molar-refractivity contribution in [2.24, 2.45) is 0 Å². The van der Waals surface area contributed by atoms with Crippen LogP contribution in [0.25, 0.3) is 0 Å². The lowest BCUT2D eigenvalue weighted by Gasteiger charge is -2.32. The first-order valence-electron chi connectivity index (χ1n) is 8.15. The highest BCUT2D eigenvalue weighted by Gasteiger charge is 2.63. The predicted octanol–water partition coefficient (Wildman–Crippen LogP) is 0.647. The molecule has 0 spiro atoms. The van der Waals surface area contributed by atoms with E-state index in [9.17, 15) is 19.5 Å². The molecular formula is C16H23FN2O6. The van der Waals surface area contributed by atoms with Gasteiger partial charge in [-0.1, -0.05) is 13.3 Å². The smallest absolute Gasteiger partial charge is 0.330 e. The number of nitrogens with zero attached hydrogens (tertiary/aromatic N) is 1. The Bertz CT molecular complexity index is 710. The number of halogens is 1. The third kappa shape index (κ3) is 3.52. The molecule has 0 radical (unpaired) electrons. The van der Waals surface area contributed by atoms with Crippen molar-refractivity contribution in [2.75, 3.05) is 6.61 Å². The molecule has 1 aromatic heterocycles. The Labute approximate surface area is 143 Å². The van der Waals surface area contributed by atoms with E-state index in [-0.39, 0.29) is 13.0 Å². The first kappa shape index (κ1) is 19.3. The Balaban J connectivity index is 2.24. The number of esters is 1. The Morgan fingerprint density at radius 3 is 2.76 bits per heavy atom. The van der Waals surface area contributed by atoms with Crippen LogP contribution in [0, 0.1) is 0 Å². The number of ether oxygens (including phenoxy) is 2. The summed E-state index contributed by atoms with van der Waals surface area (Å²) in [4.78, 5) is 37.7. The van der Waals surface area contributed by atoms with Crippen molar-refractivity contribution < 1.29 is 23.8 Å². The van der Waals surface area contributed by atoms with Crippen LogP contribution >= 0.6 is 0 Å². The minimum atomic E-state index is -2.47. The zero-order chi connectivity index (χ0) is 18.8. The zero-order valence-corrected chi connectivity index (χ0v) is 14.5. The molecule has 2 heterocycles. The van der Waals surface area contributed by atoms with Crippen molar-refractivity contribution in [3.63, 3.8) is 0 Å². The summed E-state index contributed by atoms with van der Waals surface area (Å²) in [5.74, 6) is -0.486. The summed E-state index contributed by atoms with van der Waals surface area (Å²) < 4.78 is 26.3. The van der Waals surface area contributed by atoms with Gasteiger partial charge in [0, 0.05) is 18.7 Å². The van der Waals surface area contributed by atoms with Crippen LogP contribution in [0.4, 0.5) is 4.39 Å². The van der Waals surface area contributed by atoms with Gasteiger partial charge in [0.2, 0.25) is 0 Å². The molecule has 2 N–H and O–H groups in total. The lowest BCUT2D eigenvalue weighted by atomic mass is 9.84. The largest absolute Gasteiger partial charge is 0.463 e. The van der Waals surface area contributed by atoms with Gasteiger partial charge in [-0.3, -0.25) is 9.59 Å². The molecule has 0 saturated carbocycles. The van der Waals surface area contributed by atoms with Gasteiger partial charge in [-0.05, 0) is 20.3 Å². The number of hydrogen-bond acceptors (Lipinski definition) is 6. The van der Waals surface area contributed by atoms with Crippen LogP contribution in [0.3, 0.4) is 0 Å². The van der Waals surface area contributed by atoms with Gasteiger partial charge in [-0.25, -0.2) is 13.8 Å². The minimum absolute atomic E-state index is 0.208. The van der Waals surface area contributed by atoms with Gasteiger partial charge < -0.3 is 19.6 Å². The number of aromatic amines is 1. The molecule has 0 aromatic carbocycles. The van der Waals surface area contributed by atoms with E-state index < -0.39 is 40.8 Å². The normalized spacial score (nSPS) is 31.9. The van der Waals surface area contributed by atoms with Gasteiger partial charge in [0.15, 0.2) is 11.9 Å². The molecule has 0 unspecified atom stereocenters. The second-order valence-electron chi connectivity index (χ2n) is 6.48. The van der Waals surface area contributed by atoms with Crippen LogP contribution in [0.1, 0.15) is 46.3 Å². The molecule has 0 amide bonds. The molecule has 8 nitrogen and oxygen atoms in total. The molecule has 1 aliphatic rings. The second kappa shape index (κ2) is 7.09. The van der Waals surface area contributed by atoms with Crippen LogP contribution in [0.5, 0.6) is 0 Å². The Morgan fingerprint density at radius 1 is 1.48 bits per heavy atom. The zero-order valence-electron chi connectivity index (χ0n) is 14.5. The highest BCUT2D eigenvalue weighted by molar-refractivity contribution is 5.69. The summed E-state index contributed by atoms with van der Waals surface area (Å²) in [6.45, 7) is 3.76. The average molecular weight is 358 g/mol. The molecule has 1 saturated heterocycles. The number of carbonyl (C=O) groups is 1. The SMILES string of the molecule is CCCCC(=O)OC[C@H]1O[C@H](n2c(=O)cc[nH]c2=O)[C@](C)(F)[C@]1(C)O. The fourth-order valence-corrected chi connectivity index (χ4v) is 2.70. The lowest BCUT2D eigenvalue weighted by Crippen LogP contribution is -2.54. The summed E-state index contributed by atoms with van der Waals surface area (Å²) in [5, 5.41) is 10.6. The Hall–Kier alpha value is -2.00. The predicted molar refractivity (Wildman–Crippen MR) is 85.9 cm³/mol. The first-order valence-corrected chi connectivity index (χ1v) is 8.15. The van der Waals surface area contributed by atoms with Gasteiger partial charge in [-0.2, -0.15) is 0 Å². The molecular weight excluding hydrogens is 335 g/mol. The number of rotatable bonds is 6. The fraction of sp³-hybridized carbons (Fsp3) is 0.688. The van der Waals surface area contributed by atoms with Crippen molar-refractivity contribution in [3.05, 3.63) is 33.1 Å². The van der Waals surface area contributed by atoms with E-state index in [1.54, 1.807) is 0 Å². The monoisotopic (exact) mass is 358 g/mol. The van der Waals surface area contributed by atoms with Gasteiger partial charge in [0.1, 0.15) is 18.3 Å². The molecule has 140 valence electrons. The van der Waals surface area contributed by atoms with Crippen molar-refractivity contribution in [2.45, 2.75) is 63.6 Å². The summed E-state index contributed by atoms with van der Waals surface area (Å²) in [7, 11) is 0. The number of alkyl halides is 1. The third-order valence-electron chi connectivity index (χ3n) is 4.63. The fourth-order valence-electron chi connectivity index (χ4n) is 2.70. The van der Waals surface area contributed by atoms with E-state index >= 15 is 4.39 Å². The lowest BCUT2D eigenvalue weighted by molar-refractivity contribution is -0.153. The van der Waals surface area contributed by atoms with Gasteiger partial charge in [-0.15, -0.1) is 0 Å². The van der Waals surface area contributed by atoms with Gasteiger partial charge in [0.25, 0.3) is 5.56 Å². The van der Waals surface area contributed by atoms with Gasteiger partial charge in [0.05, 0.1) is 0 Å². The Morgan fingerprint density at radius 2 is 2.16 bits per heavy atom. The maximum absolute atomic E-state index is 15.2. The molecule has 9 heteroatoms. The summed E-state index contributed by atoms with van der Waals surface area (Å²) in [6.07, 6.45) is -0.0734. The topological polar surface area (TPSA) is 111 Å². The number of aliphatic hydroxyl groups is 1. The molecule has 4 atom stereocenters. The molecule has 2 rings (SSSR count). The minimum Gasteiger partial charge on any atom is -0.463 e. The standard InChI is InChI=1S/C16H23FN2O6/c1-4-5-6-12(21)24-9-10-16(3,23)15(2,17)13(25-10)19-11(20)7-8-18-14(19)22/h7-8,10,13,23H,4-6,9H2,1-3H3,(H,18,22)/t10-,13+,15+,16-/m1/s1. The number of hydrogen-bond donors (Lipinski definition) is 2. The van der Waals surface area contributed by atoms with Crippen molar-refractivity contribution in [1.29, 1.82) is 0 Å². The van der Waals surface area contributed by atoms with Crippen molar-refractivity contribution in [1.82, 2.24) is 9.55 Å². The van der Waals surface area contributed by atoms with Crippen molar-refractivity contribution >= 4 is 5.97 Å². The first-order chi connectivity index (χ1) is 11.6. The van der Waals surface area contributed by atoms with Crippen LogP contribution in [-0.4, -0.2) is 44.6 Å². The van der Waals surface area contributed by atoms with E-state index in [2.05, 4.69) is 4.98 Å². The molecule has 1 aromatic rings. The van der Waals surface area contributed by atoms with E-state index in [4.69, 9.17) is 9.47 Å². The van der Waals surface area contributed by atoms with Crippen LogP contribution < -0.4 is 11.2 Å². The summed E-state index contributed by atoms with van der Waals surface area (Å²) in [5.41, 5.74) is -6.18. The van der Waals surface area contributed by atoms with Crippen LogP contribution in [-0.2, 0) is 14.3 Å². The molecule has 1 fully saturated rings. The molecule has 0 bridgehead atoms. The highest BCUT2D eigenvalue weighted by Crippen LogP contribution is 2.47. The Kier molecular flexibility index (Phi) is 5.48. The summed E-state index contributed by atoms with van der Waals surface area (Å²) in [6, 6.07) is 1.05. The highest BCUT2D eigenvalue weighted by atomic mass is 19.1. The van der Waals surface area contributed by atoms with Crippen LogP contribution in [0.15, 0.2) is 21.9 Å². The van der Waals surface area contributed by atoms with E-state index in [1.807, 2.05) is 6.92 Å².